The first-order valence-corrected chi connectivity index (χ1v) is 13.2. The second-order valence-corrected chi connectivity index (χ2v) is 10.9. The van der Waals surface area contributed by atoms with Crippen molar-refractivity contribution in [3.63, 3.8) is 0 Å². The third-order valence-corrected chi connectivity index (χ3v) is 7.91. The van der Waals surface area contributed by atoms with E-state index in [0.29, 0.717) is 49.4 Å². The molecule has 5 rings (SSSR count). The summed E-state index contributed by atoms with van der Waals surface area (Å²) in [5.41, 5.74) is -0.595. The van der Waals surface area contributed by atoms with Crippen LogP contribution in [0.5, 0.6) is 5.75 Å². The Hall–Kier alpha value is -3.50. The Morgan fingerprint density at radius 2 is 1.77 bits per heavy atom. The van der Waals surface area contributed by atoms with Gasteiger partial charge in [0.1, 0.15) is 22.9 Å². The molecule has 1 amide bonds. The summed E-state index contributed by atoms with van der Waals surface area (Å²) in [7, 11) is 3.99. The standard InChI is InChI=1S/C28H31ClF2N6O2/c1-6-22(39)37-15(2)11-35(12-16(37)3)27-18-10-19(29)23(24-20(30)8-7-9-21(24)38)25(31)26(18)32-28(33-27)36-13-17(14-36)34(4)5/h6-10,15-17,38H,1,11-14H2,2-5H3/t15-,16+. The summed E-state index contributed by atoms with van der Waals surface area (Å²) in [6.45, 7) is 9.74. The zero-order valence-electron chi connectivity index (χ0n) is 22.3. The summed E-state index contributed by atoms with van der Waals surface area (Å²) in [4.78, 5) is 29.8. The number of phenolic OH excluding ortho intramolecular Hbond substituents is 1. The highest BCUT2D eigenvalue weighted by atomic mass is 35.5. The van der Waals surface area contributed by atoms with Crippen LogP contribution in [0.1, 0.15) is 13.8 Å². The molecule has 3 heterocycles. The van der Waals surface area contributed by atoms with E-state index in [-0.39, 0.29) is 39.7 Å². The van der Waals surface area contributed by atoms with E-state index in [2.05, 4.69) is 16.5 Å². The number of amides is 1. The number of phenols is 1. The van der Waals surface area contributed by atoms with E-state index in [1.54, 1.807) is 4.90 Å². The van der Waals surface area contributed by atoms with E-state index in [1.165, 1.54) is 24.3 Å². The fourth-order valence-corrected chi connectivity index (χ4v) is 5.81. The number of aromatic nitrogens is 2. The van der Waals surface area contributed by atoms with Gasteiger partial charge in [0.2, 0.25) is 11.9 Å². The third-order valence-electron chi connectivity index (χ3n) is 7.62. The highest BCUT2D eigenvalue weighted by Gasteiger charge is 2.36. The van der Waals surface area contributed by atoms with Crippen LogP contribution in [-0.2, 0) is 4.79 Å². The van der Waals surface area contributed by atoms with Gasteiger partial charge in [0.15, 0.2) is 5.82 Å². The lowest BCUT2D eigenvalue weighted by Crippen LogP contribution is -2.59. The molecular formula is C28H31ClF2N6O2. The van der Waals surface area contributed by atoms with Crippen molar-refractivity contribution in [1.29, 1.82) is 0 Å². The van der Waals surface area contributed by atoms with Gasteiger partial charge in [-0.25, -0.2) is 13.8 Å². The molecule has 0 unspecified atom stereocenters. The monoisotopic (exact) mass is 556 g/mol. The first kappa shape index (κ1) is 27.1. The summed E-state index contributed by atoms with van der Waals surface area (Å²) in [5, 5.41) is 10.7. The largest absolute Gasteiger partial charge is 0.507 e. The molecule has 39 heavy (non-hydrogen) atoms. The third kappa shape index (κ3) is 4.65. The summed E-state index contributed by atoms with van der Waals surface area (Å²) >= 11 is 6.56. The van der Waals surface area contributed by atoms with Crippen LogP contribution in [0.2, 0.25) is 5.02 Å². The number of nitrogens with zero attached hydrogens (tertiary/aromatic N) is 6. The topological polar surface area (TPSA) is 76.0 Å². The molecular weight excluding hydrogens is 526 g/mol. The van der Waals surface area contributed by atoms with Crippen LogP contribution in [0.4, 0.5) is 20.5 Å². The van der Waals surface area contributed by atoms with E-state index in [4.69, 9.17) is 16.6 Å². The number of hydrogen-bond donors (Lipinski definition) is 1. The second-order valence-electron chi connectivity index (χ2n) is 10.5. The molecule has 0 aliphatic carbocycles. The van der Waals surface area contributed by atoms with Crippen molar-refractivity contribution in [3.05, 3.63) is 53.6 Å². The number of likely N-dealkylation sites (N-methyl/N-ethyl adjacent to an activating group) is 1. The van der Waals surface area contributed by atoms with Crippen LogP contribution in [0.25, 0.3) is 22.0 Å². The van der Waals surface area contributed by atoms with Gasteiger partial charge in [0.25, 0.3) is 0 Å². The molecule has 0 spiro atoms. The SMILES string of the molecule is C=CC(=O)N1[C@H](C)CN(c2nc(N3CC(N(C)C)C3)nc3c(F)c(-c4c(O)cccc4F)c(Cl)cc23)C[C@@H]1C. The molecule has 2 aromatic carbocycles. The Labute approximate surface area is 231 Å². The number of benzene rings is 2. The van der Waals surface area contributed by atoms with Crippen LogP contribution >= 0.6 is 11.6 Å². The fourth-order valence-electron chi connectivity index (χ4n) is 5.52. The van der Waals surface area contributed by atoms with Crippen molar-refractivity contribution in [2.75, 3.05) is 50.1 Å². The fraction of sp³-hybridized carbons (Fsp3) is 0.393. The number of piperazine rings is 1. The minimum Gasteiger partial charge on any atom is -0.507 e. The minimum absolute atomic E-state index is 0.0183. The molecule has 2 aliphatic heterocycles. The average Bonchev–Trinajstić information content (AvgIpc) is 2.84. The molecule has 0 saturated carbocycles. The van der Waals surface area contributed by atoms with Gasteiger partial charge in [-0.2, -0.15) is 4.98 Å². The van der Waals surface area contributed by atoms with Crippen LogP contribution in [-0.4, -0.2) is 89.2 Å². The number of rotatable bonds is 5. The summed E-state index contributed by atoms with van der Waals surface area (Å²) in [5.74, 6) is -1.38. The van der Waals surface area contributed by atoms with Crippen molar-refractivity contribution in [1.82, 2.24) is 19.8 Å². The van der Waals surface area contributed by atoms with Gasteiger partial charge in [0, 0.05) is 55.3 Å². The summed E-state index contributed by atoms with van der Waals surface area (Å²) in [6, 6.07) is 5.26. The van der Waals surface area contributed by atoms with Crippen molar-refractivity contribution >= 4 is 40.2 Å². The molecule has 1 N–H and O–H groups in total. The van der Waals surface area contributed by atoms with E-state index in [1.807, 2.05) is 37.7 Å². The maximum absolute atomic E-state index is 16.3. The normalized spacial score (nSPS) is 20.1. The Bertz CT molecular complexity index is 1430. The lowest BCUT2D eigenvalue weighted by Gasteiger charge is -2.45. The van der Waals surface area contributed by atoms with Gasteiger partial charge in [0.05, 0.1) is 10.6 Å². The van der Waals surface area contributed by atoms with Gasteiger partial charge in [-0.1, -0.05) is 24.2 Å². The average molecular weight is 557 g/mol. The molecule has 1 aromatic heterocycles. The summed E-state index contributed by atoms with van der Waals surface area (Å²) in [6.07, 6.45) is 1.31. The van der Waals surface area contributed by atoms with E-state index < -0.39 is 17.4 Å². The Morgan fingerprint density at radius 3 is 2.36 bits per heavy atom. The van der Waals surface area contributed by atoms with Crippen molar-refractivity contribution in [2.24, 2.45) is 0 Å². The van der Waals surface area contributed by atoms with Gasteiger partial charge in [-0.05, 0) is 52.2 Å². The molecule has 2 atom stereocenters. The number of carbonyl (C=O) groups is 1. The molecule has 2 fully saturated rings. The number of fused-ring (bicyclic) bond motifs is 1. The number of carbonyl (C=O) groups excluding carboxylic acids is 1. The van der Waals surface area contributed by atoms with Crippen molar-refractivity contribution in [2.45, 2.75) is 32.0 Å². The maximum Gasteiger partial charge on any atom is 0.246 e. The predicted octanol–water partition coefficient (Wildman–Crippen LogP) is 4.30. The number of hydrogen-bond acceptors (Lipinski definition) is 7. The zero-order valence-corrected chi connectivity index (χ0v) is 23.1. The molecule has 2 saturated heterocycles. The molecule has 0 radical (unpaired) electrons. The smallest absolute Gasteiger partial charge is 0.246 e. The predicted molar refractivity (Wildman–Crippen MR) is 149 cm³/mol. The maximum atomic E-state index is 16.3. The first-order valence-electron chi connectivity index (χ1n) is 12.8. The zero-order chi connectivity index (χ0) is 28.2. The molecule has 11 heteroatoms. The van der Waals surface area contributed by atoms with Crippen LogP contribution < -0.4 is 9.80 Å². The summed E-state index contributed by atoms with van der Waals surface area (Å²) < 4.78 is 31.1. The minimum atomic E-state index is -0.839. The Balaban J connectivity index is 1.67. The lowest BCUT2D eigenvalue weighted by molar-refractivity contribution is -0.130. The van der Waals surface area contributed by atoms with Gasteiger partial charge in [-0.3, -0.25) is 4.79 Å². The van der Waals surface area contributed by atoms with Gasteiger partial charge in [-0.15, -0.1) is 0 Å². The lowest BCUT2D eigenvalue weighted by atomic mass is 10.0. The molecule has 8 nitrogen and oxygen atoms in total. The van der Waals surface area contributed by atoms with E-state index in [0.717, 1.165) is 6.07 Å². The van der Waals surface area contributed by atoms with Crippen LogP contribution in [0.15, 0.2) is 36.9 Å². The van der Waals surface area contributed by atoms with Gasteiger partial charge >= 0.3 is 0 Å². The Kier molecular flexibility index (Phi) is 7.11. The quantitative estimate of drug-likeness (QED) is 0.470. The van der Waals surface area contributed by atoms with Crippen molar-refractivity contribution in [3.8, 4) is 16.9 Å². The molecule has 206 valence electrons. The highest BCUT2D eigenvalue weighted by Crippen LogP contribution is 2.43. The highest BCUT2D eigenvalue weighted by molar-refractivity contribution is 6.34. The first-order chi connectivity index (χ1) is 18.5. The molecule has 0 bridgehead atoms. The van der Waals surface area contributed by atoms with E-state index >= 15 is 4.39 Å². The van der Waals surface area contributed by atoms with Crippen LogP contribution in [0.3, 0.4) is 0 Å². The molecule has 2 aliphatic rings. The Morgan fingerprint density at radius 1 is 1.10 bits per heavy atom. The van der Waals surface area contributed by atoms with Gasteiger partial charge < -0.3 is 24.7 Å². The van der Waals surface area contributed by atoms with Crippen LogP contribution in [0, 0.1) is 11.6 Å². The molecule has 3 aromatic rings. The number of aromatic hydroxyl groups is 1. The second kappa shape index (κ2) is 10.2. The number of anilines is 2. The van der Waals surface area contributed by atoms with E-state index in [9.17, 15) is 14.3 Å². The number of halogens is 3. The van der Waals surface area contributed by atoms with Crippen molar-refractivity contribution < 1.29 is 18.7 Å².